The Balaban J connectivity index is 1.41. The fourth-order valence-corrected chi connectivity index (χ4v) is 9.67. The Hall–Kier alpha value is -3.93. The van der Waals surface area contributed by atoms with Crippen LogP contribution in [0.15, 0.2) is 71.6 Å². The maximum atomic E-state index is 14.0. The summed E-state index contributed by atoms with van der Waals surface area (Å²) in [4.78, 5) is 20.5. The van der Waals surface area contributed by atoms with E-state index in [1.807, 2.05) is 93.9 Å². The number of ether oxygens (including phenoxy) is 1. The minimum absolute atomic E-state index is 0.157. The monoisotopic (exact) mass is 685 g/mol. The summed E-state index contributed by atoms with van der Waals surface area (Å²) < 4.78 is 37.4. The van der Waals surface area contributed by atoms with E-state index in [1.165, 1.54) is 11.3 Å². The normalized spacial score (nSPS) is 17.2. The van der Waals surface area contributed by atoms with E-state index in [0.717, 1.165) is 56.0 Å². The van der Waals surface area contributed by atoms with Gasteiger partial charge in [0.15, 0.2) is 0 Å². The predicted molar refractivity (Wildman–Crippen MR) is 188 cm³/mol. The van der Waals surface area contributed by atoms with E-state index in [1.54, 1.807) is 16.4 Å². The van der Waals surface area contributed by atoms with E-state index in [0.29, 0.717) is 23.7 Å². The van der Waals surface area contributed by atoms with Crippen LogP contribution in [0, 0.1) is 25.2 Å². The number of benzene rings is 3. The number of fused-ring (bicyclic) bond motifs is 2. The molecule has 6 rings (SSSR count). The molecule has 2 atom stereocenters. The Kier molecular flexibility index (Phi) is 9.57. The van der Waals surface area contributed by atoms with Crippen molar-refractivity contribution in [2.75, 3.05) is 6.54 Å². The molecule has 11 heteroatoms. The van der Waals surface area contributed by atoms with Crippen molar-refractivity contribution in [2.24, 2.45) is 11.3 Å². The van der Waals surface area contributed by atoms with Crippen LogP contribution in [-0.4, -0.2) is 45.2 Å². The number of hydrogen-bond donors (Lipinski definition) is 0. The zero-order chi connectivity index (χ0) is 34.2. The number of aryl methyl sites for hydroxylation is 3. The molecular formula is C37H43N5O4S2. The third kappa shape index (κ3) is 6.31. The fourth-order valence-electron chi connectivity index (χ4n) is 6.72. The summed E-state index contributed by atoms with van der Waals surface area (Å²) in [6, 6.07) is 21.0. The zero-order valence-corrected chi connectivity index (χ0v) is 30.1. The molecule has 9 nitrogen and oxygen atoms in total. The van der Waals surface area contributed by atoms with Crippen molar-refractivity contribution >= 4 is 38.4 Å². The molecule has 2 aromatic heterocycles. The van der Waals surface area contributed by atoms with Crippen LogP contribution >= 0.6 is 11.3 Å². The molecule has 1 aliphatic rings. The molecule has 0 amide bonds. The number of hydrogen-bond acceptors (Lipinski definition) is 8. The molecular weight excluding hydrogens is 643 g/mol. The van der Waals surface area contributed by atoms with Gasteiger partial charge in [-0.05, 0) is 81.3 Å². The summed E-state index contributed by atoms with van der Waals surface area (Å²) in [6.45, 7) is 13.3. The number of carbonyl (C=O) groups excluding carboxylic acids is 1. The summed E-state index contributed by atoms with van der Waals surface area (Å²) in [6.07, 6.45) is 1.59. The highest BCUT2D eigenvalue weighted by Crippen LogP contribution is 2.46. The Morgan fingerprint density at radius 3 is 2.50 bits per heavy atom. The molecule has 0 saturated heterocycles. The Labute approximate surface area is 287 Å². The zero-order valence-electron chi connectivity index (χ0n) is 28.4. The number of aromatic nitrogens is 4. The average Bonchev–Trinajstić information content (AvgIpc) is 3.64. The molecule has 0 saturated carbocycles. The Morgan fingerprint density at radius 2 is 1.77 bits per heavy atom. The van der Waals surface area contributed by atoms with Crippen molar-refractivity contribution in [3.63, 3.8) is 0 Å². The van der Waals surface area contributed by atoms with Crippen molar-refractivity contribution in [3.05, 3.63) is 105 Å². The van der Waals surface area contributed by atoms with Gasteiger partial charge in [-0.3, -0.25) is 4.79 Å². The average molecular weight is 686 g/mol. The first kappa shape index (κ1) is 34.0. The van der Waals surface area contributed by atoms with Crippen molar-refractivity contribution in [3.8, 4) is 0 Å². The van der Waals surface area contributed by atoms with Crippen LogP contribution in [0.2, 0.25) is 0 Å². The summed E-state index contributed by atoms with van der Waals surface area (Å²) in [7, 11) is -3.74. The van der Waals surface area contributed by atoms with Gasteiger partial charge < -0.3 is 4.74 Å². The molecule has 252 valence electrons. The van der Waals surface area contributed by atoms with Gasteiger partial charge >= 0.3 is 5.97 Å². The maximum absolute atomic E-state index is 14.0. The van der Waals surface area contributed by atoms with E-state index >= 15 is 0 Å². The molecule has 48 heavy (non-hydrogen) atoms. The molecule has 3 aromatic carbocycles. The Morgan fingerprint density at radius 1 is 1.04 bits per heavy atom. The molecule has 0 radical (unpaired) electrons. The first-order valence-electron chi connectivity index (χ1n) is 16.5. The molecule has 0 N–H and O–H groups in total. The van der Waals surface area contributed by atoms with Crippen LogP contribution in [-0.2, 0) is 45.7 Å². The lowest BCUT2D eigenvalue weighted by atomic mass is 9.73. The van der Waals surface area contributed by atoms with Crippen molar-refractivity contribution in [1.82, 2.24) is 24.3 Å². The standard InChI is InChI=1S/C37H43N5O4S2/c1-7-26-20-28-16-12-13-17-32(28)48(44,45)41(21-26)22-30-25(4)47-35(38-30)33(29-18-19-31-34(24(29)3)39-40-42(31)8-2)37(5,6)36(43)46-23-27-14-10-9-11-15-27/h9-19,26,33H,7-8,20-23H2,1-6H3/t26-,33+/m0/s1. The van der Waals surface area contributed by atoms with Gasteiger partial charge in [0.2, 0.25) is 10.0 Å². The van der Waals surface area contributed by atoms with E-state index in [9.17, 15) is 13.2 Å². The number of thiazole rings is 1. The lowest BCUT2D eigenvalue weighted by molar-refractivity contribution is -0.156. The molecule has 0 spiro atoms. The van der Waals surface area contributed by atoms with Gasteiger partial charge in [0.1, 0.15) is 17.1 Å². The highest BCUT2D eigenvalue weighted by molar-refractivity contribution is 7.89. The van der Waals surface area contributed by atoms with E-state index < -0.39 is 21.4 Å². The van der Waals surface area contributed by atoms with Gasteiger partial charge in [0.05, 0.1) is 34.0 Å². The van der Waals surface area contributed by atoms with E-state index in [4.69, 9.17) is 9.72 Å². The third-order valence-electron chi connectivity index (χ3n) is 9.67. The molecule has 0 unspecified atom stereocenters. The van der Waals surface area contributed by atoms with Gasteiger partial charge in [0, 0.05) is 18.0 Å². The van der Waals surface area contributed by atoms with Crippen LogP contribution in [0.25, 0.3) is 11.0 Å². The fraction of sp³-hybridized carbons (Fsp3) is 0.405. The highest BCUT2D eigenvalue weighted by Gasteiger charge is 2.44. The summed E-state index contributed by atoms with van der Waals surface area (Å²) in [5.74, 6) is -0.641. The first-order chi connectivity index (χ1) is 22.9. The van der Waals surface area contributed by atoms with Crippen LogP contribution in [0.4, 0.5) is 0 Å². The lowest BCUT2D eigenvalue weighted by Crippen LogP contribution is -2.35. The SMILES string of the molecule is CC[C@H]1Cc2ccccc2S(=O)(=O)N(Cc2nc([C@@H](c3ccc4c(nnn4CC)c3C)C(C)(C)C(=O)OCc3ccccc3)sc2C)C1. The second-order valence-corrected chi connectivity index (χ2v) is 16.3. The smallest absolute Gasteiger partial charge is 0.312 e. The van der Waals surface area contributed by atoms with Crippen molar-refractivity contribution in [2.45, 2.75) is 84.9 Å². The van der Waals surface area contributed by atoms with Crippen LogP contribution in [0.5, 0.6) is 0 Å². The number of nitrogens with zero attached hydrogens (tertiary/aromatic N) is 5. The number of carbonyl (C=O) groups is 1. The van der Waals surface area contributed by atoms with Crippen LogP contribution in [0.3, 0.4) is 0 Å². The molecule has 3 heterocycles. The second kappa shape index (κ2) is 13.5. The highest BCUT2D eigenvalue weighted by atomic mass is 32.2. The largest absolute Gasteiger partial charge is 0.460 e. The van der Waals surface area contributed by atoms with E-state index in [-0.39, 0.29) is 25.0 Å². The summed E-state index contributed by atoms with van der Waals surface area (Å²) in [5.41, 5.74) is 4.98. The number of esters is 1. The van der Waals surface area contributed by atoms with Gasteiger partial charge in [-0.2, -0.15) is 4.31 Å². The van der Waals surface area contributed by atoms with E-state index in [2.05, 4.69) is 17.2 Å². The molecule has 1 aliphatic heterocycles. The number of rotatable bonds is 10. The van der Waals surface area contributed by atoms with Gasteiger partial charge in [-0.1, -0.05) is 73.2 Å². The Bertz CT molecular complexity index is 2050. The topological polar surface area (TPSA) is 107 Å². The summed E-state index contributed by atoms with van der Waals surface area (Å²) >= 11 is 1.50. The van der Waals surface area contributed by atoms with Crippen molar-refractivity contribution < 1.29 is 17.9 Å². The minimum atomic E-state index is -3.74. The quantitative estimate of drug-likeness (QED) is 0.143. The van der Waals surface area contributed by atoms with Gasteiger partial charge in [-0.25, -0.2) is 18.1 Å². The molecule has 5 aromatic rings. The lowest BCUT2D eigenvalue weighted by Gasteiger charge is -2.32. The van der Waals surface area contributed by atoms with Gasteiger partial charge in [0.25, 0.3) is 0 Å². The second-order valence-electron chi connectivity index (χ2n) is 13.2. The first-order valence-corrected chi connectivity index (χ1v) is 18.8. The molecule has 0 fully saturated rings. The maximum Gasteiger partial charge on any atom is 0.312 e. The summed E-state index contributed by atoms with van der Waals surface area (Å²) in [5, 5.41) is 9.57. The van der Waals surface area contributed by atoms with Crippen molar-refractivity contribution in [1.29, 1.82) is 0 Å². The van der Waals surface area contributed by atoms with Crippen LogP contribution < -0.4 is 0 Å². The number of sulfonamides is 1. The minimum Gasteiger partial charge on any atom is -0.460 e. The van der Waals surface area contributed by atoms with Crippen LogP contribution in [0.1, 0.15) is 77.9 Å². The predicted octanol–water partition coefficient (Wildman–Crippen LogP) is 7.20. The molecule has 0 aliphatic carbocycles. The van der Waals surface area contributed by atoms with Gasteiger partial charge in [-0.15, -0.1) is 16.4 Å². The molecule has 0 bridgehead atoms. The third-order valence-corrected chi connectivity index (χ3v) is 12.7.